The topological polar surface area (TPSA) is 17.1 Å². The van der Waals surface area contributed by atoms with Crippen molar-refractivity contribution >= 4 is 5.78 Å². The lowest BCUT2D eigenvalue weighted by Crippen LogP contribution is -2.42. The number of Topliss-reactive ketones (excluding diaryl/α,β-unsaturated/α-hetero) is 1. The van der Waals surface area contributed by atoms with Crippen LogP contribution in [0.4, 0.5) is 0 Å². The zero-order chi connectivity index (χ0) is 14.6. The minimum Gasteiger partial charge on any atom is -0.299 e. The fraction of sp³-hybridized carbons (Fsp3) is 0.550. The standard InChI is InChI=1S/C20H24O/c1-3-13(2)15-5-6-16-10-19(21)20(12-17(16)9-15)11-14-4-7-18(20)8-14/h4-6,9,13,18H,3,7-8,10-12H2,1-2H3. The van der Waals surface area contributed by atoms with Crippen molar-refractivity contribution in [3.8, 4) is 0 Å². The van der Waals surface area contributed by atoms with Crippen LogP contribution in [0.2, 0.25) is 0 Å². The molecule has 0 aromatic heterocycles. The van der Waals surface area contributed by atoms with Gasteiger partial charge < -0.3 is 0 Å². The van der Waals surface area contributed by atoms with E-state index in [-0.39, 0.29) is 5.41 Å². The lowest BCUT2D eigenvalue weighted by atomic mass is 9.63. The molecule has 1 aromatic rings. The van der Waals surface area contributed by atoms with Crippen molar-refractivity contribution in [3.05, 3.63) is 46.5 Å². The van der Waals surface area contributed by atoms with Gasteiger partial charge in [-0.25, -0.2) is 0 Å². The molecular formula is C20H24O. The van der Waals surface area contributed by atoms with E-state index >= 15 is 0 Å². The van der Waals surface area contributed by atoms with Crippen molar-refractivity contribution in [3.63, 3.8) is 0 Å². The second-order valence-corrected chi connectivity index (χ2v) is 7.45. The van der Waals surface area contributed by atoms with Crippen molar-refractivity contribution in [1.82, 2.24) is 0 Å². The normalized spacial score (nSPS) is 31.4. The van der Waals surface area contributed by atoms with Gasteiger partial charge in [0.1, 0.15) is 5.78 Å². The van der Waals surface area contributed by atoms with Gasteiger partial charge >= 0.3 is 0 Å². The van der Waals surface area contributed by atoms with Crippen molar-refractivity contribution in [2.75, 3.05) is 0 Å². The zero-order valence-corrected chi connectivity index (χ0v) is 13.1. The summed E-state index contributed by atoms with van der Waals surface area (Å²) < 4.78 is 0. The number of hydrogen-bond donors (Lipinski definition) is 0. The van der Waals surface area contributed by atoms with Gasteiger partial charge in [-0.3, -0.25) is 4.79 Å². The molecule has 1 aromatic carbocycles. The first-order chi connectivity index (χ1) is 10.1. The predicted molar refractivity (Wildman–Crippen MR) is 85.4 cm³/mol. The second kappa shape index (κ2) is 4.56. The molecule has 0 saturated heterocycles. The summed E-state index contributed by atoms with van der Waals surface area (Å²) in [4.78, 5) is 12.8. The Hall–Kier alpha value is -1.37. The number of carbonyl (C=O) groups excluding carboxylic acids is 1. The summed E-state index contributed by atoms with van der Waals surface area (Å²) >= 11 is 0. The fourth-order valence-electron chi connectivity index (χ4n) is 4.75. The van der Waals surface area contributed by atoms with Crippen LogP contribution in [0, 0.1) is 11.3 Å². The number of hydrogen-bond acceptors (Lipinski definition) is 1. The third-order valence-electron chi connectivity index (χ3n) is 6.35. The highest BCUT2D eigenvalue weighted by atomic mass is 16.1. The highest BCUT2D eigenvalue weighted by Gasteiger charge is 2.53. The Morgan fingerprint density at radius 3 is 2.81 bits per heavy atom. The van der Waals surface area contributed by atoms with Gasteiger partial charge in [0.2, 0.25) is 0 Å². The lowest BCUT2D eigenvalue weighted by molar-refractivity contribution is -0.131. The summed E-state index contributed by atoms with van der Waals surface area (Å²) in [6, 6.07) is 6.85. The largest absolute Gasteiger partial charge is 0.299 e. The van der Waals surface area contributed by atoms with Crippen LogP contribution >= 0.6 is 0 Å². The van der Waals surface area contributed by atoms with Crippen LogP contribution in [0.25, 0.3) is 0 Å². The number of allylic oxidation sites excluding steroid dienone is 2. The molecule has 3 aliphatic carbocycles. The average Bonchev–Trinajstić information content (AvgIpc) is 3.08. The van der Waals surface area contributed by atoms with Crippen LogP contribution in [0.3, 0.4) is 0 Å². The molecule has 0 radical (unpaired) electrons. The summed E-state index contributed by atoms with van der Waals surface area (Å²) in [5.41, 5.74) is 5.71. The van der Waals surface area contributed by atoms with Crippen molar-refractivity contribution in [1.29, 1.82) is 0 Å². The van der Waals surface area contributed by atoms with Gasteiger partial charge in [-0.2, -0.15) is 0 Å². The van der Waals surface area contributed by atoms with Gasteiger partial charge in [0, 0.05) is 11.8 Å². The molecule has 2 bridgehead atoms. The summed E-state index contributed by atoms with van der Waals surface area (Å²) in [6.45, 7) is 4.55. The van der Waals surface area contributed by atoms with E-state index in [0.29, 0.717) is 24.0 Å². The van der Waals surface area contributed by atoms with E-state index < -0.39 is 0 Å². The van der Waals surface area contributed by atoms with Gasteiger partial charge in [0.05, 0.1) is 0 Å². The zero-order valence-electron chi connectivity index (χ0n) is 13.1. The maximum atomic E-state index is 12.8. The van der Waals surface area contributed by atoms with E-state index in [2.05, 4.69) is 38.1 Å². The molecule has 0 aliphatic heterocycles. The first kappa shape index (κ1) is 13.3. The summed E-state index contributed by atoms with van der Waals surface area (Å²) in [6.07, 6.45) is 8.59. The Morgan fingerprint density at radius 1 is 1.29 bits per heavy atom. The van der Waals surface area contributed by atoms with E-state index in [1.807, 2.05) is 0 Å². The molecular weight excluding hydrogens is 256 g/mol. The highest BCUT2D eigenvalue weighted by Crippen LogP contribution is 2.56. The summed E-state index contributed by atoms with van der Waals surface area (Å²) in [7, 11) is 0. The molecule has 110 valence electrons. The number of carbonyl (C=O) groups is 1. The fourth-order valence-corrected chi connectivity index (χ4v) is 4.75. The van der Waals surface area contributed by atoms with Crippen LogP contribution in [-0.2, 0) is 17.6 Å². The summed E-state index contributed by atoms with van der Waals surface area (Å²) in [5.74, 6) is 1.73. The highest BCUT2D eigenvalue weighted by molar-refractivity contribution is 5.90. The Kier molecular flexibility index (Phi) is 2.89. The van der Waals surface area contributed by atoms with Gasteiger partial charge in [-0.1, -0.05) is 43.7 Å². The van der Waals surface area contributed by atoms with Crippen LogP contribution in [-0.4, -0.2) is 5.78 Å². The summed E-state index contributed by atoms with van der Waals surface area (Å²) in [5, 5.41) is 0. The Bertz CT molecular complexity index is 639. The lowest BCUT2D eigenvalue weighted by Gasteiger charge is -2.39. The number of fused-ring (bicyclic) bond motifs is 4. The van der Waals surface area contributed by atoms with Crippen LogP contribution in [0.1, 0.15) is 62.1 Å². The molecule has 4 rings (SSSR count). The minimum absolute atomic E-state index is 0.0365. The second-order valence-electron chi connectivity index (χ2n) is 7.45. The molecule has 3 unspecified atom stereocenters. The number of rotatable bonds is 2. The molecule has 1 heteroatoms. The third kappa shape index (κ3) is 1.86. The van der Waals surface area contributed by atoms with E-state index in [1.54, 1.807) is 5.57 Å². The van der Waals surface area contributed by atoms with Crippen LogP contribution in [0.5, 0.6) is 0 Å². The van der Waals surface area contributed by atoms with Gasteiger partial charge in [0.15, 0.2) is 0 Å². The smallest absolute Gasteiger partial charge is 0.144 e. The van der Waals surface area contributed by atoms with E-state index in [0.717, 1.165) is 19.3 Å². The van der Waals surface area contributed by atoms with E-state index in [9.17, 15) is 4.79 Å². The van der Waals surface area contributed by atoms with Crippen molar-refractivity contribution in [2.24, 2.45) is 11.3 Å². The molecule has 0 N–H and O–H groups in total. The SMILES string of the molecule is CCC(C)c1ccc2c(c1)CC1(CC3=CCC1C3)C(=O)C2. The molecule has 0 amide bonds. The molecule has 3 atom stereocenters. The average molecular weight is 280 g/mol. The maximum Gasteiger partial charge on any atom is 0.144 e. The van der Waals surface area contributed by atoms with E-state index in [4.69, 9.17) is 0 Å². The maximum absolute atomic E-state index is 12.8. The first-order valence-corrected chi connectivity index (χ1v) is 8.45. The number of ketones is 1. The molecule has 3 aliphatic rings. The van der Waals surface area contributed by atoms with Crippen LogP contribution in [0.15, 0.2) is 29.8 Å². The van der Waals surface area contributed by atoms with Crippen molar-refractivity contribution in [2.45, 2.75) is 58.3 Å². The van der Waals surface area contributed by atoms with Gasteiger partial charge in [-0.15, -0.1) is 0 Å². The van der Waals surface area contributed by atoms with Gasteiger partial charge in [-0.05, 0) is 60.6 Å². The third-order valence-corrected chi connectivity index (χ3v) is 6.35. The Balaban J connectivity index is 1.72. The minimum atomic E-state index is -0.0365. The quantitative estimate of drug-likeness (QED) is 0.724. The van der Waals surface area contributed by atoms with Crippen LogP contribution < -0.4 is 0 Å². The Morgan fingerprint density at radius 2 is 2.14 bits per heavy atom. The molecule has 1 saturated carbocycles. The molecule has 21 heavy (non-hydrogen) atoms. The molecule has 1 fully saturated rings. The molecule has 1 nitrogen and oxygen atoms in total. The van der Waals surface area contributed by atoms with Crippen molar-refractivity contribution < 1.29 is 4.79 Å². The van der Waals surface area contributed by atoms with Gasteiger partial charge in [0.25, 0.3) is 0 Å². The first-order valence-electron chi connectivity index (χ1n) is 8.45. The monoisotopic (exact) mass is 280 g/mol. The molecule has 1 spiro atoms. The Labute approximate surface area is 127 Å². The van der Waals surface area contributed by atoms with E-state index in [1.165, 1.54) is 29.5 Å². The molecule has 0 heterocycles. The number of benzene rings is 1. The predicted octanol–water partition coefficient (Wildman–Crippen LogP) is 4.59.